The molecule has 1 fully saturated rings. The van der Waals surface area contributed by atoms with Gasteiger partial charge in [0.1, 0.15) is 0 Å². The minimum Gasteiger partial charge on any atom is -0.393 e. The first-order chi connectivity index (χ1) is 6.86. The summed E-state index contributed by atoms with van der Waals surface area (Å²) in [6.07, 6.45) is 13.9. The van der Waals surface area contributed by atoms with E-state index in [1.54, 1.807) is 5.57 Å². The Morgan fingerprint density at radius 3 is 2.79 bits per heavy atom. The van der Waals surface area contributed by atoms with Gasteiger partial charge in [-0.25, -0.2) is 0 Å². The van der Waals surface area contributed by atoms with E-state index in [4.69, 9.17) is 0 Å². The molecule has 1 N–H and O–H groups in total. The molecule has 0 spiro atoms. The van der Waals surface area contributed by atoms with Crippen LogP contribution in [0.1, 0.15) is 57.8 Å². The lowest BCUT2D eigenvalue weighted by Crippen LogP contribution is -2.13. The summed E-state index contributed by atoms with van der Waals surface area (Å²) < 4.78 is 0. The van der Waals surface area contributed by atoms with Crippen molar-refractivity contribution in [2.24, 2.45) is 5.92 Å². The second-order valence-corrected chi connectivity index (χ2v) is 4.91. The highest BCUT2D eigenvalue weighted by molar-refractivity contribution is 5.05. The predicted molar refractivity (Wildman–Crippen MR) is 59.1 cm³/mol. The zero-order chi connectivity index (χ0) is 9.80. The highest BCUT2D eigenvalue weighted by Gasteiger charge is 2.24. The van der Waals surface area contributed by atoms with Crippen molar-refractivity contribution < 1.29 is 5.11 Å². The summed E-state index contributed by atoms with van der Waals surface area (Å²) in [6.45, 7) is 0. The van der Waals surface area contributed by atoms with E-state index in [2.05, 4.69) is 6.08 Å². The van der Waals surface area contributed by atoms with E-state index in [1.165, 1.54) is 51.4 Å². The lowest BCUT2D eigenvalue weighted by molar-refractivity contribution is 0.128. The van der Waals surface area contributed by atoms with Crippen LogP contribution in [0.15, 0.2) is 11.6 Å². The quantitative estimate of drug-likeness (QED) is 0.682. The molecule has 0 aromatic carbocycles. The summed E-state index contributed by atoms with van der Waals surface area (Å²) in [5.41, 5.74) is 1.66. The first-order valence-corrected chi connectivity index (χ1v) is 6.22. The maximum absolute atomic E-state index is 9.70. The van der Waals surface area contributed by atoms with Crippen LogP contribution in [0.3, 0.4) is 0 Å². The number of hydrogen-bond donors (Lipinski definition) is 1. The van der Waals surface area contributed by atoms with E-state index >= 15 is 0 Å². The number of aliphatic hydroxyl groups is 1. The van der Waals surface area contributed by atoms with Gasteiger partial charge in [-0.2, -0.15) is 0 Å². The van der Waals surface area contributed by atoms with Crippen LogP contribution < -0.4 is 0 Å². The van der Waals surface area contributed by atoms with Gasteiger partial charge in [-0.3, -0.25) is 0 Å². The van der Waals surface area contributed by atoms with Crippen molar-refractivity contribution in [3.63, 3.8) is 0 Å². The fraction of sp³-hybridized carbons (Fsp3) is 0.846. The Morgan fingerprint density at radius 1 is 1.21 bits per heavy atom. The Labute approximate surface area is 87.2 Å². The second-order valence-electron chi connectivity index (χ2n) is 4.91. The molecule has 2 aliphatic rings. The molecule has 1 saturated carbocycles. The largest absolute Gasteiger partial charge is 0.393 e. The lowest BCUT2D eigenvalue weighted by atomic mass is 9.91. The minimum absolute atomic E-state index is 0.0131. The molecule has 2 unspecified atom stereocenters. The molecule has 2 atom stereocenters. The smallest absolute Gasteiger partial charge is 0.0568 e. The first-order valence-electron chi connectivity index (χ1n) is 6.22. The van der Waals surface area contributed by atoms with Gasteiger partial charge in [0.15, 0.2) is 0 Å². The summed E-state index contributed by atoms with van der Waals surface area (Å²) in [5, 5.41) is 9.70. The summed E-state index contributed by atoms with van der Waals surface area (Å²) in [7, 11) is 0. The number of rotatable bonds is 3. The molecule has 2 rings (SSSR count). The highest BCUT2D eigenvalue weighted by atomic mass is 16.3. The summed E-state index contributed by atoms with van der Waals surface area (Å²) in [5.74, 6) is 0.609. The van der Waals surface area contributed by atoms with E-state index in [0.717, 1.165) is 6.42 Å². The van der Waals surface area contributed by atoms with Crippen molar-refractivity contribution in [3.8, 4) is 0 Å². The Hall–Kier alpha value is -0.300. The molecule has 0 aliphatic heterocycles. The van der Waals surface area contributed by atoms with Crippen LogP contribution in [-0.4, -0.2) is 11.2 Å². The van der Waals surface area contributed by atoms with Crippen molar-refractivity contribution in [1.29, 1.82) is 0 Å². The Morgan fingerprint density at radius 2 is 2.14 bits per heavy atom. The van der Waals surface area contributed by atoms with E-state index in [0.29, 0.717) is 5.92 Å². The van der Waals surface area contributed by atoms with Crippen LogP contribution in [0, 0.1) is 5.92 Å². The number of allylic oxidation sites excluding steroid dienone is 2. The Balaban J connectivity index is 1.73. The van der Waals surface area contributed by atoms with Gasteiger partial charge >= 0.3 is 0 Å². The normalized spacial score (nSPS) is 33.1. The third-order valence-corrected chi connectivity index (χ3v) is 3.84. The molecule has 14 heavy (non-hydrogen) atoms. The van der Waals surface area contributed by atoms with Crippen molar-refractivity contribution in [2.75, 3.05) is 0 Å². The van der Waals surface area contributed by atoms with Crippen LogP contribution in [0.2, 0.25) is 0 Å². The molecule has 0 amide bonds. The molecular formula is C13H22O. The molecule has 0 saturated heterocycles. The summed E-state index contributed by atoms with van der Waals surface area (Å²) in [6, 6.07) is 0. The molecule has 1 heteroatoms. The number of hydrogen-bond acceptors (Lipinski definition) is 1. The van der Waals surface area contributed by atoms with Gasteiger partial charge in [0.25, 0.3) is 0 Å². The molecule has 0 radical (unpaired) electrons. The van der Waals surface area contributed by atoms with E-state index < -0.39 is 0 Å². The molecule has 0 aromatic rings. The maximum atomic E-state index is 9.70. The van der Waals surface area contributed by atoms with Crippen LogP contribution in [0.25, 0.3) is 0 Å². The van der Waals surface area contributed by atoms with Gasteiger partial charge in [-0.1, -0.05) is 18.1 Å². The van der Waals surface area contributed by atoms with E-state index in [9.17, 15) is 5.11 Å². The molecule has 0 heterocycles. The first kappa shape index (κ1) is 10.2. The number of aliphatic hydroxyl groups excluding tert-OH is 1. The SMILES string of the molecule is OC1CCCC1CCC1=CCCCC1. The molecule has 2 aliphatic carbocycles. The fourth-order valence-corrected chi connectivity index (χ4v) is 2.86. The summed E-state index contributed by atoms with van der Waals surface area (Å²) in [4.78, 5) is 0. The average Bonchev–Trinajstić information content (AvgIpc) is 2.63. The van der Waals surface area contributed by atoms with Crippen molar-refractivity contribution in [1.82, 2.24) is 0 Å². The van der Waals surface area contributed by atoms with E-state index in [1.807, 2.05) is 0 Å². The topological polar surface area (TPSA) is 20.2 Å². The Kier molecular flexibility index (Phi) is 3.63. The third kappa shape index (κ3) is 2.60. The second kappa shape index (κ2) is 4.97. The standard InChI is InChI=1S/C13H22O/c14-13-8-4-7-12(13)10-9-11-5-2-1-3-6-11/h5,12-14H,1-4,6-10H2. The van der Waals surface area contributed by atoms with Crippen LogP contribution in [0.5, 0.6) is 0 Å². The van der Waals surface area contributed by atoms with Crippen LogP contribution in [0.4, 0.5) is 0 Å². The predicted octanol–water partition coefficient (Wildman–Crippen LogP) is 3.43. The van der Waals surface area contributed by atoms with Gasteiger partial charge in [0, 0.05) is 0 Å². The van der Waals surface area contributed by atoms with Gasteiger partial charge < -0.3 is 5.11 Å². The zero-order valence-electron chi connectivity index (χ0n) is 9.04. The maximum Gasteiger partial charge on any atom is 0.0568 e. The van der Waals surface area contributed by atoms with Crippen molar-refractivity contribution >= 4 is 0 Å². The monoisotopic (exact) mass is 194 g/mol. The molecule has 0 aromatic heterocycles. The van der Waals surface area contributed by atoms with Gasteiger partial charge in [0.2, 0.25) is 0 Å². The van der Waals surface area contributed by atoms with Crippen LogP contribution in [-0.2, 0) is 0 Å². The average molecular weight is 194 g/mol. The van der Waals surface area contributed by atoms with Crippen molar-refractivity contribution in [2.45, 2.75) is 63.9 Å². The molecule has 80 valence electrons. The lowest BCUT2D eigenvalue weighted by Gasteiger charge is -2.17. The fourth-order valence-electron chi connectivity index (χ4n) is 2.86. The van der Waals surface area contributed by atoms with Crippen molar-refractivity contribution in [3.05, 3.63) is 11.6 Å². The molecule has 0 bridgehead atoms. The zero-order valence-corrected chi connectivity index (χ0v) is 9.04. The van der Waals surface area contributed by atoms with Gasteiger partial charge in [-0.15, -0.1) is 0 Å². The third-order valence-electron chi connectivity index (χ3n) is 3.84. The molecule has 1 nitrogen and oxygen atoms in total. The Bertz CT molecular complexity index is 207. The van der Waals surface area contributed by atoms with Crippen LogP contribution >= 0.6 is 0 Å². The van der Waals surface area contributed by atoms with E-state index in [-0.39, 0.29) is 6.10 Å². The van der Waals surface area contributed by atoms with Gasteiger partial charge in [-0.05, 0) is 57.3 Å². The highest BCUT2D eigenvalue weighted by Crippen LogP contribution is 2.32. The van der Waals surface area contributed by atoms with Gasteiger partial charge in [0.05, 0.1) is 6.10 Å². The minimum atomic E-state index is 0.0131. The molecular weight excluding hydrogens is 172 g/mol. The summed E-state index contributed by atoms with van der Waals surface area (Å²) >= 11 is 0.